The van der Waals surface area contributed by atoms with E-state index in [9.17, 15) is 22.4 Å². The summed E-state index contributed by atoms with van der Waals surface area (Å²) >= 11 is 0.782. The number of halogens is 4. The molecule has 4 rings (SSSR count). The molecule has 0 radical (unpaired) electrons. The van der Waals surface area contributed by atoms with E-state index in [1.807, 2.05) is 13.8 Å². The SMILES string of the molecule is CC(C)Oc1cc(N=Nc2ccc(C(=O)Nc3nc(-c4ccc(F)c(C(F)(F)F)c4)ns3)cc2)ccn1. The fraction of sp³-hybridized carbons (Fsp3) is 0.167. The maximum Gasteiger partial charge on any atom is 0.419 e. The van der Waals surface area contributed by atoms with Crippen molar-refractivity contribution in [1.82, 2.24) is 14.3 Å². The minimum atomic E-state index is -4.86. The van der Waals surface area contributed by atoms with Gasteiger partial charge in [0.25, 0.3) is 5.91 Å². The number of ether oxygens (including phenoxy) is 1. The fourth-order valence-corrected chi connectivity index (χ4v) is 3.59. The van der Waals surface area contributed by atoms with Crippen LogP contribution < -0.4 is 10.1 Å². The van der Waals surface area contributed by atoms with Gasteiger partial charge >= 0.3 is 6.18 Å². The van der Waals surface area contributed by atoms with Crippen molar-refractivity contribution < 1.29 is 27.1 Å². The largest absolute Gasteiger partial charge is 0.475 e. The Labute approximate surface area is 212 Å². The first-order chi connectivity index (χ1) is 17.6. The highest BCUT2D eigenvalue weighted by atomic mass is 32.1. The second-order valence-corrected chi connectivity index (χ2v) is 8.59. The number of anilines is 1. The molecule has 2 aromatic heterocycles. The highest BCUT2D eigenvalue weighted by Crippen LogP contribution is 2.34. The molecule has 0 saturated carbocycles. The molecule has 2 heterocycles. The zero-order chi connectivity index (χ0) is 26.6. The minimum Gasteiger partial charge on any atom is -0.475 e. The van der Waals surface area contributed by atoms with E-state index in [1.54, 1.807) is 30.5 Å². The van der Waals surface area contributed by atoms with E-state index in [-0.39, 0.29) is 28.2 Å². The van der Waals surface area contributed by atoms with Gasteiger partial charge in [0.05, 0.1) is 23.0 Å². The van der Waals surface area contributed by atoms with Gasteiger partial charge in [-0.2, -0.15) is 32.8 Å². The van der Waals surface area contributed by atoms with E-state index in [4.69, 9.17) is 4.74 Å². The summed E-state index contributed by atoms with van der Waals surface area (Å²) in [5.41, 5.74) is -0.126. The van der Waals surface area contributed by atoms with Crippen LogP contribution in [0.2, 0.25) is 0 Å². The molecular formula is C24H18F4N6O2S. The van der Waals surface area contributed by atoms with E-state index in [0.717, 1.165) is 17.6 Å². The molecule has 1 N–H and O–H groups in total. The highest BCUT2D eigenvalue weighted by molar-refractivity contribution is 7.10. The van der Waals surface area contributed by atoms with Gasteiger partial charge in [-0.05, 0) is 62.4 Å². The van der Waals surface area contributed by atoms with Gasteiger partial charge in [0, 0.05) is 34.9 Å². The molecule has 1 amide bonds. The van der Waals surface area contributed by atoms with Gasteiger partial charge < -0.3 is 4.74 Å². The molecule has 37 heavy (non-hydrogen) atoms. The Bertz CT molecular complexity index is 1440. The van der Waals surface area contributed by atoms with Gasteiger partial charge in [-0.15, -0.1) is 0 Å². The van der Waals surface area contributed by atoms with Crippen LogP contribution in [0.15, 0.2) is 71.0 Å². The Morgan fingerprint density at radius 3 is 2.46 bits per heavy atom. The predicted octanol–water partition coefficient (Wildman–Crippen LogP) is 7.21. The number of nitrogens with zero attached hydrogens (tertiary/aromatic N) is 5. The van der Waals surface area contributed by atoms with Gasteiger partial charge in [-0.25, -0.2) is 9.37 Å². The zero-order valence-electron chi connectivity index (χ0n) is 19.3. The van der Waals surface area contributed by atoms with Crippen molar-refractivity contribution in [3.05, 3.63) is 77.7 Å². The number of rotatable bonds is 7. The highest BCUT2D eigenvalue weighted by Gasteiger charge is 2.34. The number of benzene rings is 2. The average molecular weight is 531 g/mol. The number of carbonyl (C=O) groups is 1. The van der Waals surface area contributed by atoms with Crippen LogP contribution in [0, 0.1) is 5.82 Å². The molecule has 0 atom stereocenters. The van der Waals surface area contributed by atoms with Crippen molar-refractivity contribution in [2.45, 2.75) is 26.1 Å². The molecule has 0 bridgehead atoms. The molecular weight excluding hydrogens is 512 g/mol. The number of alkyl halides is 3. The number of hydrogen-bond donors (Lipinski definition) is 1. The van der Waals surface area contributed by atoms with Crippen LogP contribution in [0.3, 0.4) is 0 Å². The van der Waals surface area contributed by atoms with Crippen LogP contribution in [0.4, 0.5) is 34.1 Å². The third-order valence-electron chi connectivity index (χ3n) is 4.66. The lowest BCUT2D eigenvalue weighted by atomic mass is 10.1. The summed E-state index contributed by atoms with van der Waals surface area (Å²) < 4.78 is 61.9. The summed E-state index contributed by atoms with van der Waals surface area (Å²) in [4.78, 5) is 20.7. The van der Waals surface area contributed by atoms with Crippen LogP contribution in [0.25, 0.3) is 11.4 Å². The smallest absolute Gasteiger partial charge is 0.419 e. The Morgan fingerprint density at radius 2 is 1.76 bits per heavy atom. The van der Waals surface area contributed by atoms with E-state index >= 15 is 0 Å². The lowest BCUT2D eigenvalue weighted by Crippen LogP contribution is -2.11. The standard InChI is InChI=1S/C24H18F4N6O2S/c1-13(2)36-20-12-17(9-10-29-20)33-32-16-6-3-14(4-7-16)22(35)31-23-30-21(34-37-23)15-5-8-19(25)18(11-15)24(26,27)28/h3-13H,1-2H3,(H,30,31,34,35). The summed E-state index contributed by atoms with van der Waals surface area (Å²) in [5.74, 6) is -1.54. The second-order valence-electron chi connectivity index (χ2n) is 7.84. The molecule has 0 unspecified atom stereocenters. The molecule has 8 nitrogen and oxygen atoms in total. The summed E-state index contributed by atoms with van der Waals surface area (Å²) in [6.45, 7) is 3.77. The molecule has 0 aliphatic carbocycles. The first-order valence-corrected chi connectivity index (χ1v) is 11.5. The lowest BCUT2D eigenvalue weighted by molar-refractivity contribution is -0.139. The van der Waals surface area contributed by atoms with Crippen molar-refractivity contribution in [3.8, 4) is 17.3 Å². The number of pyridine rings is 1. The quantitative estimate of drug-likeness (QED) is 0.201. The number of carbonyl (C=O) groups excluding carboxylic acids is 1. The number of azo groups is 1. The zero-order valence-corrected chi connectivity index (χ0v) is 20.1. The fourth-order valence-electron chi connectivity index (χ4n) is 3.00. The van der Waals surface area contributed by atoms with Gasteiger partial charge in [0.1, 0.15) is 5.82 Å². The summed E-state index contributed by atoms with van der Waals surface area (Å²) in [5, 5.41) is 10.9. The number of amides is 1. The summed E-state index contributed by atoms with van der Waals surface area (Å²) in [7, 11) is 0. The molecule has 4 aromatic rings. The summed E-state index contributed by atoms with van der Waals surface area (Å²) in [6.07, 6.45) is -3.33. The Kier molecular flexibility index (Phi) is 7.53. The number of aromatic nitrogens is 3. The first kappa shape index (κ1) is 25.8. The third-order valence-corrected chi connectivity index (χ3v) is 5.29. The molecule has 0 spiro atoms. The monoisotopic (exact) mass is 530 g/mol. The van der Waals surface area contributed by atoms with Crippen LogP contribution >= 0.6 is 11.5 Å². The van der Waals surface area contributed by atoms with E-state index < -0.39 is 23.5 Å². The molecule has 190 valence electrons. The first-order valence-electron chi connectivity index (χ1n) is 10.7. The molecule has 0 fully saturated rings. The van der Waals surface area contributed by atoms with Gasteiger partial charge in [-0.1, -0.05) is 0 Å². The van der Waals surface area contributed by atoms with Crippen LogP contribution in [-0.2, 0) is 6.18 Å². The Hall–Kier alpha value is -4.26. The number of hydrogen-bond acceptors (Lipinski definition) is 8. The van der Waals surface area contributed by atoms with Gasteiger partial charge in [-0.3, -0.25) is 10.1 Å². The minimum absolute atomic E-state index is 0.0303. The van der Waals surface area contributed by atoms with E-state index in [1.165, 1.54) is 12.1 Å². The van der Waals surface area contributed by atoms with Crippen molar-refractivity contribution in [3.63, 3.8) is 0 Å². The van der Waals surface area contributed by atoms with Gasteiger partial charge in [0.2, 0.25) is 11.0 Å². The topological polar surface area (TPSA) is 102 Å². The molecule has 0 aliphatic rings. The third kappa shape index (κ3) is 6.70. The molecule has 0 aliphatic heterocycles. The van der Waals surface area contributed by atoms with E-state index in [0.29, 0.717) is 29.4 Å². The van der Waals surface area contributed by atoms with E-state index in [2.05, 4.69) is 29.9 Å². The van der Waals surface area contributed by atoms with Crippen LogP contribution in [0.5, 0.6) is 5.88 Å². The Balaban J connectivity index is 1.41. The predicted molar refractivity (Wildman–Crippen MR) is 129 cm³/mol. The lowest BCUT2D eigenvalue weighted by Gasteiger charge is -2.08. The second kappa shape index (κ2) is 10.8. The molecule has 2 aromatic carbocycles. The Morgan fingerprint density at radius 1 is 1.03 bits per heavy atom. The van der Waals surface area contributed by atoms with Crippen LogP contribution in [-0.4, -0.2) is 26.4 Å². The molecule has 0 saturated heterocycles. The van der Waals surface area contributed by atoms with Crippen LogP contribution in [0.1, 0.15) is 29.8 Å². The maximum atomic E-state index is 13.5. The van der Waals surface area contributed by atoms with Crippen molar-refractivity contribution in [2.24, 2.45) is 10.2 Å². The average Bonchev–Trinajstić information content (AvgIpc) is 3.31. The number of nitrogens with one attached hydrogen (secondary N) is 1. The van der Waals surface area contributed by atoms with Crippen molar-refractivity contribution in [2.75, 3.05) is 5.32 Å². The molecule has 13 heteroatoms. The van der Waals surface area contributed by atoms with Crippen molar-refractivity contribution in [1.29, 1.82) is 0 Å². The maximum absolute atomic E-state index is 13.5. The summed E-state index contributed by atoms with van der Waals surface area (Å²) in [6, 6.07) is 12.0. The van der Waals surface area contributed by atoms with Crippen molar-refractivity contribution >= 4 is 33.9 Å². The normalized spacial score (nSPS) is 11.8. The van der Waals surface area contributed by atoms with Gasteiger partial charge in [0.15, 0.2) is 5.82 Å².